The molecule has 1 aromatic rings. The number of benzene rings is 1. The van der Waals surface area contributed by atoms with E-state index >= 15 is 0 Å². The van der Waals surface area contributed by atoms with E-state index < -0.39 is 28.2 Å². The van der Waals surface area contributed by atoms with Crippen molar-refractivity contribution >= 4 is 5.97 Å². The van der Waals surface area contributed by atoms with Gasteiger partial charge < -0.3 is 4.74 Å². The number of nitro groups is 1. The zero-order valence-corrected chi connectivity index (χ0v) is 9.76. The van der Waals surface area contributed by atoms with Gasteiger partial charge in [-0.05, 0) is 24.6 Å². The molecule has 0 spiro atoms. The van der Waals surface area contributed by atoms with Crippen molar-refractivity contribution in [2.24, 2.45) is 0 Å². The van der Waals surface area contributed by atoms with Gasteiger partial charge in [0.1, 0.15) is 5.82 Å². The summed E-state index contributed by atoms with van der Waals surface area (Å²) in [5.74, 6) is -1.77. The molecule has 1 aliphatic rings. The molecular weight excluding hydrogens is 241 g/mol. The van der Waals surface area contributed by atoms with E-state index in [-0.39, 0.29) is 13.0 Å². The number of carbonyl (C=O) groups is 1. The number of hydrogen-bond acceptors (Lipinski definition) is 4. The summed E-state index contributed by atoms with van der Waals surface area (Å²) in [6.07, 6.45) is 0.102. The van der Waals surface area contributed by atoms with Gasteiger partial charge in [0.15, 0.2) is 0 Å². The topological polar surface area (TPSA) is 69.4 Å². The Hall–Kier alpha value is -1.98. The van der Waals surface area contributed by atoms with E-state index in [4.69, 9.17) is 4.74 Å². The van der Waals surface area contributed by atoms with Gasteiger partial charge in [-0.25, -0.2) is 9.18 Å². The van der Waals surface area contributed by atoms with Crippen molar-refractivity contribution in [3.8, 4) is 0 Å². The maximum atomic E-state index is 12.8. The second-order valence-corrected chi connectivity index (χ2v) is 4.21. The lowest BCUT2D eigenvalue weighted by Crippen LogP contribution is -2.35. The van der Waals surface area contributed by atoms with Crippen LogP contribution >= 0.6 is 0 Å². The maximum Gasteiger partial charge on any atom is 0.385 e. The van der Waals surface area contributed by atoms with Gasteiger partial charge in [-0.2, -0.15) is 0 Å². The number of esters is 1. The van der Waals surface area contributed by atoms with Gasteiger partial charge in [-0.1, -0.05) is 12.1 Å². The highest BCUT2D eigenvalue weighted by Crippen LogP contribution is 2.54. The number of ether oxygens (including phenoxy) is 1. The van der Waals surface area contributed by atoms with E-state index in [2.05, 4.69) is 0 Å². The van der Waals surface area contributed by atoms with Gasteiger partial charge >= 0.3 is 11.5 Å². The van der Waals surface area contributed by atoms with Gasteiger partial charge in [0, 0.05) is 11.3 Å². The summed E-state index contributed by atoms with van der Waals surface area (Å²) in [5.41, 5.74) is -1.10. The molecule has 18 heavy (non-hydrogen) atoms. The van der Waals surface area contributed by atoms with Crippen molar-refractivity contribution in [2.45, 2.75) is 24.8 Å². The Labute approximate surface area is 103 Å². The average molecular weight is 253 g/mol. The molecule has 0 aliphatic heterocycles. The minimum absolute atomic E-state index is 0.102. The molecule has 0 unspecified atom stereocenters. The van der Waals surface area contributed by atoms with Crippen LogP contribution in [0.1, 0.15) is 24.8 Å². The third kappa shape index (κ3) is 1.83. The average Bonchev–Trinajstić information content (AvgIpc) is 3.07. The maximum absolute atomic E-state index is 12.8. The van der Waals surface area contributed by atoms with Crippen molar-refractivity contribution in [3.05, 3.63) is 45.8 Å². The van der Waals surface area contributed by atoms with Crippen LogP contribution in [0.3, 0.4) is 0 Å². The highest BCUT2D eigenvalue weighted by atomic mass is 19.1. The SMILES string of the molecule is CCOC(=O)[C@]1([N+](=O)[O-])C[C@H]1c1ccc(F)cc1. The normalized spacial score (nSPS) is 25.6. The Balaban J connectivity index is 2.25. The molecule has 1 aliphatic carbocycles. The zero-order valence-electron chi connectivity index (χ0n) is 9.76. The molecule has 2 rings (SSSR count). The molecule has 0 radical (unpaired) electrons. The summed E-state index contributed by atoms with van der Waals surface area (Å²) in [5, 5.41) is 11.1. The summed E-state index contributed by atoms with van der Waals surface area (Å²) < 4.78 is 17.5. The Bertz CT molecular complexity index is 487. The smallest absolute Gasteiger partial charge is 0.385 e. The van der Waals surface area contributed by atoms with E-state index in [0.29, 0.717) is 5.56 Å². The molecule has 1 saturated carbocycles. The lowest BCUT2D eigenvalue weighted by molar-refractivity contribution is -0.527. The lowest BCUT2D eigenvalue weighted by atomic mass is 10.1. The lowest BCUT2D eigenvalue weighted by Gasteiger charge is -2.08. The van der Waals surface area contributed by atoms with Crippen LogP contribution in [0.4, 0.5) is 4.39 Å². The molecule has 0 heterocycles. The first-order valence-electron chi connectivity index (χ1n) is 5.59. The highest BCUT2D eigenvalue weighted by Gasteiger charge is 2.74. The molecule has 0 saturated heterocycles. The Kier molecular flexibility index (Phi) is 3.02. The largest absolute Gasteiger partial charge is 0.461 e. The van der Waals surface area contributed by atoms with Gasteiger partial charge in [0.05, 0.1) is 12.5 Å². The standard InChI is InChI=1S/C12H12FNO4/c1-2-18-11(15)12(14(16)17)7-10(12)8-3-5-9(13)6-4-8/h3-6,10H,2,7H2,1H3/t10-,12-/m0/s1. The fourth-order valence-corrected chi connectivity index (χ4v) is 2.10. The fraction of sp³-hybridized carbons (Fsp3) is 0.417. The number of hydrogen-bond donors (Lipinski definition) is 0. The number of rotatable bonds is 4. The minimum Gasteiger partial charge on any atom is -0.461 e. The first-order valence-corrected chi connectivity index (χ1v) is 5.59. The molecular formula is C12H12FNO4. The predicted molar refractivity (Wildman–Crippen MR) is 60.1 cm³/mol. The van der Waals surface area contributed by atoms with Crippen LogP contribution in [0.5, 0.6) is 0 Å². The number of nitrogens with zero attached hydrogens (tertiary/aromatic N) is 1. The van der Waals surface area contributed by atoms with Crippen LogP contribution in [-0.4, -0.2) is 23.0 Å². The Morgan fingerprint density at radius 1 is 1.56 bits per heavy atom. The van der Waals surface area contributed by atoms with E-state index in [1.54, 1.807) is 6.92 Å². The quantitative estimate of drug-likeness (QED) is 0.466. The molecule has 0 bridgehead atoms. The first-order chi connectivity index (χ1) is 8.52. The van der Waals surface area contributed by atoms with E-state index in [1.807, 2.05) is 0 Å². The molecule has 1 fully saturated rings. The van der Waals surface area contributed by atoms with E-state index in [9.17, 15) is 19.3 Å². The van der Waals surface area contributed by atoms with Crippen LogP contribution in [0.25, 0.3) is 0 Å². The summed E-state index contributed by atoms with van der Waals surface area (Å²) in [4.78, 5) is 22.2. The summed E-state index contributed by atoms with van der Waals surface area (Å²) in [6, 6.07) is 5.38. The van der Waals surface area contributed by atoms with Gasteiger partial charge in [-0.3, -0.25) is 10.1 Å². The van der Waals surface area contributed by atoms with Crippen molar-refractivity contribution < 1.29 is 18.8 Å². The summed E-state index contributed by atoms with van der Waals surface area (Å²) >= 11 is 0. The van der Waals surface area contributed by atoms with Gasteiger partial charge in [0.2, 0.25) is 0 Å². The molecule has 1 aromatic carbocycles. The van der Waals surface area contributed by atoms with Gasteiger partial charge in [-0.15, -0.1) is 0 Å². The molecule has 2 atom stereocenters. The van der Waals surface area contributed by atoms with Crippen molar-refractivity contribution in [3.63, 3.8) is 0 Å². The first kappa shape index (κ1) is 12.5. The molecule has 5 nitrogen and oxygen atoms in total. The summed E-state index contributed by atoms with van der Waals surface area (Å²) in [7, 11) is 0. The zero-order chi connectivity index (χ0) is 13.3. The van der Waals surface area contributed by atoms with Crippen molar-refractivity contribution in [2.75, 3.05) is 6.61 Å². The monoisotopic (exact) mass is 253 g/mol. The van der Waals surface area contributed by atoms with Crippen LogP contribution in [0.15, 0.2) is 24.3 Å². The molecule has 0 aromatic heterocycles. The molecule has 0 N–H and O–H groups in total. The van der Waals surface area contributed by atoms with Gasteiger partial charge in [0.25, 0.3) is 0 Å². The van der Waals surface area contributed by atoms with Crippen LogP contribution in [0, 0.1) is 15.9 Å². The van der Waals surface area contributed by atoms with Crippen LogP contribution < -0.4 is 0 Å². The van der Waals surface area contributed by atoms with E-state index in [0.717, 1.165) is 0 Å². The van der Waals surface area contributed by atoms with Crippen molar-refractivity contribution in [1.82, 2.24) is 0 Å². The predicted octanol–water partition coefficient (Wildman–Crippen LogP) is 1.89. The highest BCUT2D eigenvalue weighted by molar-refractivity contribution is 5.85. The van der Waals surface area contributed by atoms with Crippen LogP contribution in [0.2, 0.25) is 0 Å². The third-order valence-corrected chi connectivity index (χ3v) is 3.16. The second kappa shape index (κ2) is 4.36. The minimum atomic E-state index is -1.69. The molecule has 0 amide bonds. The summed E-state index contributed by atoms with van der Waals surface area (Å²) in [6.45, 7) is 1.70. The third-order valence-electron chi connectivity index (χ3n) is 3.16. The fourth-order valence-electron chi connectivity index (χ4n) is 2.10. The van der Waals surface area contributed by atoms with Crippen molar-refractivity contribution in [1.29, 1.82) is 0 Å². The van der Waals surface area contributed by atoms with Crippen LogP contribution in [-0.2, 0) is 9.53 Å². The molecule has 6 heteroatoms. The number of halogens is 1. The molecule has 96 valence electrons. The van der Waals surface area contributed by atoms with E-state index in [1.165, 1.54) is 24.3 Å². The Morgan fingerprint density at radius 2 is 2.17 bits per heavy atom. The Morgan fingerprint density at radius 3 is 2.67 bits per heavy atom. The second-order valence-electron chi connectivity index (χ2n) is 4.21. The number of carbonyl (C=O) groups excluding carboxylic acids is 1.